The summed E-state index contributed by atoms with van der Waals surface area (Å²) in [5.41, 5.74) is 1.89. The number of nitrogens with zero attached hydrogens (tertiary/aromatic N) is 1. The molecule has 1 heterocycles. The van der Waals surface area contributed by atoms with Gasteiger partial charge in [-0.25, -0.2) is 4.79 Å². The molecule has 2 N–H and O–H groups in total. The summed E-state index contributed by atoms with van der Waals surface area (Å²) in [6, 6.07) is 9.26. The minimum absolute atomic E-state index is 0.210. The van der Waals surface area contributed by atoms with Crippen LogP contribution in [-0.2, 0) is 4.74 Å². The lowest BCUT2D eigenvalue weighted by Crippen LogP contribution is -2.34. The Morgan fingerprint density at radius 2 is 2.10 bits per heavy atom. The zero-order chi connectivity index (χ0) is 15.6. The number of rotatable bonds is 2. The monoisotopic (exact) mass is 285 g/mol. The van der Waals surface area contributed by atoms with Gasteiger partial charge in [0.25, 0.3) is 0 Å². The third kappa shape index (κ3) is 3.76. The average Bonchev–Trinajstić information content (AvgIpc) is 2.78. The summed E-state index contributed by atoms with van der Waals surface area (Å²) in [4.78, 5) is 15.0. The van der Waals surface area contributed by atoms with Crippen molar-refractivity contribution in [3.8, 4) is 6.07 Å². The molecule has 0 spiro atoms. The minimum atomic E-state index is -0.522. The molecule has 5 nitrogen and oxygen atoms in total. The van der Waals surface area contributed by atoms with E-state index in [9.17, 15) is 4.79 Å². The molecule has 5 heteroatoms. The van der Waals surface area contributed by atoms with Gasteiger partial charge in [-0.3, -0.25) is 0 Å². The molecule has 0 saturated carbocycles. The number of carbonyl (C=O) groups is 1. The van der Waals surface area contributed by atoms with Gasteiger partial charge in [0.1, 0.15) is 5.60 Å². The molecule has 110 valence electrons. The molecule has 0 aliphatic rings. The number of alkyl carbamates (subject to hydrolysis) is 1. The molecule has 1 aromatic carbocycles. The van der Waals surface area contributed by atoms with E-state index >= 15 is 0 Å². The highest BCUT2D eigenvalue weighted by molar-refractivity contribution is 5.82. The van der Waals surface area contributed by atoms with Gasteiger partial charge in [0, 0.05) is 16.6 Å². The number of benzene rings is 1. The number of hydrogen-bond donors (Lipinski definition) is 2. The second-order valence-corrected chi connectivity index (χ2v) is 6.01. The molecule has 1 atom stereocenters. The molecule has 1 aromatic heterocycles. The van der Waals surface area contributed by atoms with Crippen LogP contribution in [0, 0.1) is 11.3 Å². The Hall–Kier alpha value is -2.48. The summed E-state index contributed by atoms with van der Waals surface area (Å²) in [6.45, 7) is 7.34. The van der Waals surface area contributed by atoms with E-state index < -0.39 is 11.7 Å². The third-order valence-electron chi connectivity index (χ3n) is 2.97. The van der Waals surface area contributed by atoms with Crippen LogP contribution in [0.2, 0.25) is 0 Å². The topological polar surface area (TPSA) is 77.9 Å². The smallest absolute Gasteiger partial charge is 0.408 e. The zero-order valence-electron chi connectivity index (χ0n) is 12.7. The second-order valence-electron chi connectivity index (χ2n) is 6.01. The number of fused-ring (bicyclic) bond motifs is 1. The van der Waals surface area contributed by atoms with E-state index in [-0.39, 0.29) is 6.04 Å². The fraction of sp³-hybridized carbons (Fsp3) is 0.375. The summed E-state index contributed by atoms with van der Waals surface area (Å²) in [5, 5.41) is 12.6. The van der Waals surface area contributed by atoms with Gasteiger partial charge in [-0.1, -0.05) is 0 Å². The third-order valence-corrected chi connectivity index (χ3v) is 2.97. The first-order valence-corrected chi connectivity index (χ1v) is 6.81. The number of amides is 1. The van der Waals surface area contributed by atoms with Gasteiger partial charge in [0.2, 0.25) is 0 Å². The van der Waals surface area contributed by atoms with Crippen molar-refractivity contribution in [2.24, 2.45) is 0 Å². The number of hydrogen-bond acceptors (Lipinski definition) is 3. The van der Waals surface area contributed by atoms with Crippen LogP contribution in [0.4, 0.5) is 4.79 Å². The summed E-state index contributed by atoms with van der Waals surface area (Å²) >= 11 is 0. The number of aromatic nitrogens is 1. The Balaban J connectivity index is 2.14. The van der Waals surface area contributed by atoms with E-state index in [1.165, 1.54) is 0 Å². The largest absolute Gasteiger partial charge is 0.444 e. The van der Waals surface area contributed by atoms with E-state index in [1.807, 2.05) is 45.9 Å². The number of nitriles is 1. The van der Waals surface area contributed by atoms with E-state index in [4.69, 9.17) is 10.00 Å². The molecule has 2 aromatic rings. The summed E-state index contributed by atoms with van der Waals surface area (Å²) in [5.74, 6) is 0. The molecule has 1 unspecified atom stereocenters. The van der Waals surface area contributed by atoms with Gasteiger partial charge in [0.15, 0.2) is 0 Å². The Morgan fingerprint density at radius 3 is 2.71 bits per heavy atom. The highest BCUT2D eigenvalue weighted by atomic mass is 16.6. The first-order chi connectivity index (χ1) is 9.78. The highest BCUT2D eigenvalue weighted by Gasteiger charge is 2.19. The molecule has 0 aliphatic carbocycles. The van der Waals surface area contributed by atoms with Crippen LogP contribution in [0.3, 0.4) is 0 Å². The summed E-state index contributed by atoms with van der Waals surface area (Å²) in [7, 11) is 0. The van der Waals surface area contributed by atoms with E-state index in [0.29, 0.717) is 5.56 Å². The van der Waals surface area contributed by atoms with Crippen LogP contribution in [-0.4, -0.2) is 16.7 Å². The Labute approximate surface area is 123 Å². The van der Waals surface area contributed by atoms with Gasteiger partial charge in [-0.15, -0.1) is 0 Å². The molecular weight excluding hydrogens is 266 g/mol. The molecule has 21 heavy (non-hydrogen) atoms. The normalized spacial score (nSPS) is 12.7. The SMILES string of the molecule is CC(NC(=O)OC(C)(C)C)c1cc2cc(C#N)ccc2[nH]1. The van der Waals surface area contributed by atoms with Crippen LogP contribution >= 0.6 is 0 Å². The fourth-order valence-electron chi connectivity index (χ4n) is 2.02. The number of nitrogens with one attached hydrogen (secondary N) is 2. The van der Waals surface area contributed by atoms with Crippen molar-refractivity contribution in [3.63, 3.8) is 0 Å². The molecule has 1 amide bonds. The molecule has 0 radical (unpaired) electrons. The van der Waals surface area contributed by atoms with Gasteiger partial charge >= 0.3 is 6.09 Å². The molecule has 0 fully saturated rings. The second kappa shape index (κ2) is 5.49. The van der Waals surface area contributed by atoms with Crippen LogP contribution in [0.25, 0.3) is 10.9 Å². The van der Waals surface area contributed by atoms with E-state index in [0.717, 1.165) is 16.6 Å². The van der Waals surface area contributed by atoms with Crippen molar-refractivity contribution in [2.45, 2.75) is 39.3 Å². The van der Waals surface area contributed by atoms with Crippen LogP contribution in [0.5, 0.6) is 0 Å². The lowest BCUT2D eigenvalue weighted by Gasteiger charge is -2.21. The van der Waals surface area contributed by atoms with Gasteiger partial charge in [0.05, 0.1) is 17.7 Å². The number of aromatic amines is 1. The van der Waals surface area contributed by atoms with Crippen molar-refractivity contribution in [1.82, 2.24) is 10.3 Å². The van der Waals surface area contributed by atoms with Crippen LogP contribution in [0.1, 0.15) is 45.0 Å². The number of ether oxygens (including phenoxy) is 1. The molecule has 0 aliphatic heterocycles. The first kappa shape index (κ1) is 14.9. The standard InChI is InChI=1S/C16H19N3O2/c1-10(18-15(20)21-16(2,3)4)14-8-12-7-11(9-17)5-6-13(12)19-14/h5-8,10,19H,1-4H3,(H,18,20). The van der Waals surface area contributed by atoms with Crippen molar-refractivity contribution in [1.29, 1.82) is 5.26 Å². The molecule has 0 bridgehead atoms. The maximum Gasteiger partial charge on any atom is 0.408 e. The van der Waals surface area contributed by atoms with Gasteiger partial charge < -0.3 is 15.0 Å². The Bertz CT molecular complexity index is 704. The molecule has 0 saturated heterocycles. The molecule has 2 rings (SSSR count). The molecular formula is C16H19N3O2. The van der Waals surface area contributed by atoms with E-state index in [1.54, 1.807) is 6.07 Å². The van der Waals surface area contributed by atoms with Gasteiger partial charge in [-0.2, -0.15) is 5.26 Å². The highest BCUT2D eigenvalue weighted by Crippen LogP contribution is 2.21. The fourth-order valence-corrected chi connectivity index (χ4v) is 2.02. The number of carbonyl (C=O) groups excluding carboxylic acids is 1. The van der Waals surface area contributed by atoms with E-state index in [2.05, 4.69) is 16.4 Å². The van der Waals surface area contributed by atoms with Crippen molar-refractivity contribution >= 4 is 17.0 Å². The quantitative estimate of drug-likeness (QED) is 0.884. The zero-order valence-corrected chi connectivity index (χ0v) is 12.7. The van der Waals surface area contributed by atoms with Gasteiger partial charge in [-0.05, 0) is 52.0 Å². The van der Waals surface area contributed by atoms with Crippen molar-refractivity contribution in [2.75, 3.05) is 0 Å². The minimum Gasteiger partial charge on any atom is -0.444 e. The van der Waals surface area contributed by atoms with Crippen LogP contribution in [0.15, 0.2) is 24.3 Å². The predicted molar refractivity (Wildman–Crippen MR) is 80.8 cm³/mol. The number of H-pyrrole nitrogens is 1. The maximum absolute atomic E-state index is 11.8. The average molecular weight is 285 g/mol. The van der Waals surface area contributed by atoms with Crippen LogP contribution < -0.4 is 5.32 Å². The lowest BCUT2D eigenvalue weighted by molar-refractivity contribution is 0.0507. The first-order valence-electron chi connectivity index (χ1n) is 6.81. The van der Waals surface area contributed by atoms with Crippen molar-refractivity contribution in [3.05, 3.63) is 35.5 Å². The lowest BCUT2D eigenvalue weighted by atomic mass is 10.1. The van der Waals surface area contributed by atoms with Crippen molar-refractivity contribution < 1.29 is 9.53 Å². The summed E-state index contributed by atoms with van der Waals surface area (Å²) in [6.07, 6.45) is -0.452. The summed E-state index contributed by atoms with van der Waals surface area (Å²) < 4.78 is 5.23. The Morgan fingerprint density at radius 1 is 1.38 bits per heavy atom. The predicted octanol–water partition coefficient (Wildman–Crippen LogP) is 3.63. The maximum atomic E-state index is 11.8. The Kier molecular flexibility index (Phi) is 3.90.